The average Bonchev–Trinajstić information content (AvgIpc) is 2.70. The summed E-state index contributed by atoms with van der Waals surface area (Å²) in [7, 11) is 0. The first-order valence-electron chi connectivity index (χ1n) is 8.81. The third-order valence-corrected chi connectivity index (χ3v) is 4.87. The third-order valence-electron chi connectivity index (χ3n) is 4.50. The number of rotatable bonds is 5. The molecule has 0 saturated heterocycles. The Bertz CT molecular complexity index is 1030. The fraction of sp³-hybridized carbons (Fsp3) is 0.136. The number of nitrogens with zero attached hydrogens (tertiary/aromatic N) is 1. The number of aryl methyl sites for hydroxylation is 1. The van der Waals surface area contributed by atoms with Gasteiger partial charge in [-0.1, -0.05) is 41.9 Å². The van der Waals surface area contributed by atoms with Crippen LogP contribution < -0.4 is 10.6 Å². The lowest BCUT2D eigenvalue weighted by Crippen LogP contribution is -2.24. The summed E-state index contributed by atoms with van der Waals surface area (Å²) in [6.07, 6.45) is 1.45. The van der Waals surface area contributed by atoms with Crippen LogP contribution in [-0.2, 0) is 6.54 Å². The molecule has 0 saturated carbocycles. The van der Waals surface area contributed by atoms with E-state index in [1.165, 1.54) is 12.3 Å². The van der Waals surface area contributed by atoms with Gasteiger partial charge in [-0.2, -0.15) is 0 Å². The van der Waals surface area contributed by atoms with Crippen LogP contribution in [0.15, 0.2) is 60.8 Å². The first kappa shape index (κ1) is 19.6. The Morgan fingerprint density at radius 2 is 1.79 bits per heavy atom. The van der Waals surface area contributed by atoms with Gasteiger partial charge in [-0.25, -0.2) is 0 Å². The van der Waals surface area contributed by atoms with Crippen molar-refractivity contribution in [2.45, 2.75) is 20.4 Å². The molecule has 0 aliphatic carbocycles. The Labute approximate surface area is 168 Å². The molecule has 2 amide bonds. The van der Waals surface area contributed by atoms with Crippen molar-refractivity contribution in [3.05, 3.63) is 93.8 Å². The minimum Gasteiger partial charge on any atom is -0.347 e. The highest BCUT2D eigenvalue weighted by Crippen LogP contribution is 2.19. The molecule has 1 aromatic heterocycles. The monoisotopic (exact) mass is 393 g/mol. The second-order valence-corrected chi connectivity index (χ2v) is 6.81. The molecule has 6 heteroatoms. The predicted molar refractivity (Wildman–Crippen MR) is 111 cm³/mol. The summed E-state index contributed by atoms with van der Waals surface area (Å²) in [6, 6.07) is 16.0. The van der Waals surface area contributed by atoms with Crippen molar-refractivity contribution in [3.8, 4) is 0 Å². The van der Waals surface area contributed by atoms with E-state index in [4.69, 9.17) is 11.6 Å². The smallest absolute Gasteiger partial charge is 0.270 e. The molecule has 3 aromatic rings. The fourth-order valence-corrected chi connectivity index (χ4v) is 2.89. The Balaban J connectivity index is 1.70. The van der Waals surface area contributed by atoms with E-state index in [-0.39, 0.29) is 24.1 Å². The lowest BCUT2D eigenvalue weighted by molar-refractivity contribution is 0.0946. The number of carbonyl (C=O) groups is 2. The molecule has 0 aliphatic heterocycles. The van der Waals surface area contributed by atoms with Gasteiger partial charge in [0, 0.05) is 29.0 Å². The molecular formula is C22H20ClN3O2. The molecule has 5 nitrogen and oxygen atoms in total. The maximum absolute atomic E-state index is 12.6. The van der Waals surface area contributed by atoms with Gasteiger partial charge >= 0.3 is 0 Å². The number of amides is 2. The van der Waals surface area contributed by atoms with E-state index in [0.29, 0.717) is 10.6 Å². The Morgan fingerprint density at radius 1 is 1.00 bits per heavy atom. The number of benzene rings is 2. The summed E-state index contributed by atoms with van der Waals surface area (Å²) in [6.45, 7) is 4.21. The van der Waals surface area contributed by atoms with Crippen LogP contribution in [0.4, 0.5) is 5.69 Å². The average molecular weight is 394 g/mol. The van der Waals surface area contributed by atoms with E-state index in [2.05, 4.69) is 15.6 Å². The van der Waals surface area contributed by atoms with Crippen LogP contribution in [0.3, 0.4) is 0 Å². The number of halogens is 1. The van der Waals surface area contributed by atoms with Gasteiger partial charge < -0.3 is 10.6 Å². The zero-order chi connectivity index (χ0) is 20.1. The molecule has 0 aliphatic rings. The van der Waals surface area contributed by atoms with Gasteiger partial charge in [-0.05, 0) is 54.8 Å². The summed E-state index contributed by atoms with van der Waals surface area (Å²) in [5.41, 5.74) is 4.17. The van der Waals surface area contributed by atoms with Crippen molar-refractivity contribution in [1.29, 1.82) is 0 Å². The van der Waals surface area contributed by atoms with E-state index in [9.17, 15) is 9.59 Å². The standard InChI is InChI=1S/C22H20ClN3O2/c1-14-6-5-9-19(15(14)2)26-21(27)16-10-11-24-20(12-16)22(28)25-13-17-7-3-4-8-18(17)23/h3-12H,13H2,1-2H3,(H,25,28)(H,26,27). The molecule has 142 valence electrons. The van der Waals surface area contributed by atoms with Crippen LogP contribution in [0.1, 0.15) is 37.5 Å². The number of anilines is 1. The minimum absolute atomic E-state index is 0.167. The van der Waals surface area contributed by atoms with Gasteiger partial charge in [0.1, 0.15) is 5.69 Å². The van der Waals surface area contributed by atoms with Gasteiger partial charge in [0.2, 0.25) is 0 Å². The molecule has 2 aromatic carbocycles. The van der Waals surface area contributed by atoms with Gasteiger partial charge in [-0.3, -0.25) is 14.6 Å². The van der Waals surface area contributed by atoms with Crippen molar-refractivity contribution in [2.75, 3.05) is 5.32 Å². The molecule has 28 heavy (non-hydrogen) atoms. The van der Waals surface area contributed by atoms with Gasteiger partial charge in [0.05, 0.1) is 0 Å². The van der Waals surface area contributed by atoms with E-state index >= 15 is 0 Å². The molecule has 0 fully saturated rings. The first-order valence-corrected chi connectivity index (χ1v) is 9.18. The lowest BCUT2D eigenvalue weighted by atomic mass is 10.1. The van der Waals surface area contributed by atoms with Gasteiger partial charge in [-0.15, -0.1) is 0 Å². The summed E-state index contributed by atoms with van der Waals surface area (Å²) >= 11 is 6.10. The Morgan fingerprint density at radius 3 is 2.57 bits per heavy atom. The maximum atomic E-state index is 12.6. The van der Waals surface area contributed by atoms with Crippen molar-refractivity contribution in [2.24, 2.45) is 0 Å². The highest BCUT2D eigenvalue weighted by Gasteiger charge is 2.13. The van der Waals surface area contributed by atoms with E-state index in [1.807, 2.05) is 50.2 Å². The molecule has 2 N–H and O–H groups in total. The molecule has 0 unspecified atom stereocenters. The summed E-state index contributed by atoms with van der Waals surface area (Å²) in [5, 5.41) is 6.23. The zero-order valence-corrected chi connectivity index (χ0v) is 16.4. The van der Waals surface area contributed by atoms with E-state index in [0.717, 1.165) is 22.4 Å². The normalized spacial score (nSPS) is 10.4. The van der Waals surface area contributed by atoms with E-state index < -0.39 is 0 Å². The SMILES string of the molecule is Cc1cccc(NC(=O)c2ccnc(C(=O)NCc3ccccc3Cl)c2)c1C. The number of aromatic nitrogens is 1. The first-order chi connectivity index (χ1) is 13.5. The maximum Gasteiger partial charge on any atom is 0.270 e. The summed E-state index contributed by atoms with van der Waals surface area (Å²) in [4.78, 5) is 29.1. The van der Waals surface area contributed by atoms with Crippen LogP contribution in [-0.4, -0.2) is 16.8 Å². The fourth-order valence-electron chi connectivity index (χ4n) is 2.68. The van der Waals surface area contributed by atoms with Crippen molar-refractivity contribution >= 4 is 29.1 Å². The van der Waals surface area contributed by atoms with Gasteiger partial charge in [0.25, 0.3) is 11.8 Å². The Hall–Kier alpha value is -3.18. The van der Waals surface area contributed by atoms with Gasteiger partial charge in [0.15, 0.2) is 0 Å². The molecule has 0 atom stereocenters. The quantitative estimate of drug-likeness (QED) is 0.668. The van der Waals surface area contributed by atoms with Crippen LogP contribution in [0.2, 0.25) is 5.02 Å². The molecule has 1 heterocycles. The van der Waals surface area contributed by atoms with Crippen molar-refractivity contribution in [1.82, 2.24) is 10.3 Å². The summed E-state index contributed by atoms with van der Waals surface area (Å²) in [5.74, 6) is -0.669. The third kappa shape index (κ3) is 4.56. The number of pyridine rings is 1. The van der Waals surface area contributed by atoms with Crippen LogP contribution in [0.5, 0.6) is 0 Å². The minimum atomic E-state index is -0.374. The number of carbonyl (C=O) groups excluding carboxylic acids is 2. The highest BCUT2D eigenvalue weighted by atomic mass is 35.5. The molecule has 0 spiro atoms. The van der Waals surface area contributed by atoms with Crippen LogP contribution in [0, 0.1) is 13.8 Å². The second-order valence-electron chi connectivity index (χ2n) is 6.41. The molecule has 0 radical (unpaired) electrons. The zero-order valence-electron chi connectivity index (χ0n) is 15.6. The highest BCUT2D eigenvalue weighted by molar-refractivity contribution is 6.31. The predicted octanol–water partition coefficient (Wildman–Crippen LogP) is 4.53. The van der Waals surface area contributed by atoms with Crippen molar-refractivity contribution in [3.63, 3.8) is 0 Å². The largest absolute Gasteiger partial charge is 0.347 e. The number of hydrogen-bond acceptors (Lipinski definition) is 3. The lowest BCUT2D eigenvalue weighted by Gasteiger charge is -2.11. The second kappa shape index (κ2) is 8.67. The molecule has 0 bridgehead atoms. The van der Waals surface area contributed by atoms with Crippen LogP contribution in [0.25, 0.3) is 0 Å². The topological polar surface area (TPSA) is 71.1 Å². The van der Waals surface area contributed by atoms with Crippen LogP contribution >= 0.6 is 11.6 Å². The number of nitrogens with one attached hydrogen (secondary N) is 2. The molecular weight excluding hydrogens is 374 g/mol. The Kier molecular flexibility index (Phi) is 6.06. The summed E-state index contributed by atoms with van der Waals surface area (Å²) < 4.78 is 0. The van der Waals surface area contributed by atoms with Crippen molar-refractivity contribution < 1.29 is 9.59 Å². The number of hydrogen-bond donors (Lipinski definition) is 2. The van der Waals surface area contributed by atoms with E-state index in [1.54, 1.807) is 12.1 Å². The molecule has 3 rings (SSSR count).